The maximum Gasteiger partial charge on any atom is 0.326 e. The van der Waals surface area contributed by atoms with Gasteiger partial charge in [0.15, 0.2) is 0 Å². The molecule has 0 saturated carbocycles. The van der Waals surface area contributed by atoms with Crippen LogP contribution in [0.15, 0.2) is 67.0 Å². The van der Waals surface area contributed by atoms with Gasteiger partial charge in [-0.15, -0.1) is 0 Å². The SMILES string of the molecule is O=C(NC(=O)c1ccccc1Cl)Nc1ccc(Cl)c(-n2cccc2)c1. The molecule has 1 heterocycles. The topological polar surface area (TPSA) is 63.1 Å². The highest BCUT2D eigenvalue weighted by Crippen LogP contribution is 2.24. The predicted molar refractivity (Wildman–Crippen MR) is 98.7 cm³/mol. The van der Waals surface area contributed by atoms with Crippen molar-refractivity contribution in [3.63, 3.8) is 0 Å². The Hall–Kier alpha value is -2.76. The molecule has 0 aliphatic rings. The van der Waals surface area contributed by atoms with Gasteiger partial charge < -0.3 is 9.88 Å². The minimum atomic E-state index is -0.661. The Bertz CT molecular complexity index is 924. The molecule has 0 spiro atoms. The highest BCUT2D eigenvalue weighted by molar-refractivity contribution is 6.34. The minimum absolute atomic E-state index is 0.225. The van der Waals surface area contributed by atoms with E-state index >= 15 is 0 Å². The van der Waals surface area contributed by atoms with Gasteiger partial charge in [-0.1, -0.05) is 35.3 Å². The zero-order valence-electron chi connectivity index (χ0n) is 12.9. The fraction of sp³-hybridized carbons (Fsp3) is 0. The normalized spacial score (nSPS) is 10.3. The third-order valence-corrected chi connectivity index (χ3v) is 4.08. The van der Waals surface area contributed by atoms with Crippen LogP contribution in [-0.4, -0.2) is 16.5 Å². The molecule has 126 valence electrons. The summed E-state index contributed by atoms with van der Waals surface area (Å²) in [4.78, 5) is 24.2. The third kappa shape index (κ3) is 4.02. The molecule has 7 heteroatoms. The smallest absolute Gasteiger partial charge is 0.322 e. The molecule has 3 amide bonds. The molecule has 0 aliphatic carbocycles. The Kier molecular flexibility index (Phi) is 5.07. The van der Waals surface area contributed by atoms with E-state index in [-0.39, 0.29) is 10.6 Å². The predicted octanol–water partition coefficient (Wildman–Crippen LogP) is 4.75. The van der Waals surface area contributed by atoms with Crippen LogP contribution in [0.2, 0.25) is 10.0 Å². The molecule has 5 nitrogen and oxygen atoms in total. The number of nitrogens with zero attached hydrogens (tertiary/aromatic N) is 1. The first-order valence-corrected chi connectivity index (χ1v) is 8.10. The highest BCUT2D eigenvalue weighted by Gasteiger charge is 2.13. The Morgan fingerprint density at radius 3 is 2.32 bits per heavy atom. The van der Waals surface area contributed by atoms with Crippen molar-refractivity contribution in [2.24, 2.45) is 0 Å². The number of rotatable bonds is 3. The minimum Gasteiger partial charge on any atom is -0.322 e. The number of halogens is 2. The number of amides is 3. The van der Waals surface area contributed by atoms with Gasteiger partial charge in [0, 0.05) is 18.1 Å². The summed E-state index contributed by atoms with van der Waals surface area (Å²) in [5.74, 6) is -0.581. The van der Waals surface area contributed by atoms with Crippen molar-refractivity contribution in [3.8, 4) is 5.69 Å². The number of anilines is 1. The second kappa shape index (κ2) is 7.42. The zero-order valence-corrected chi connectivity index (χ0v) is 14.4. The van der Waals surface area contributed by atoms with E-state index in [0.29, 0.717) is 16.4 Å². The van der Waals surface area contributed by atoms with Gasteiger partial charge in [0.1, 0.15) is 0 Å². The molecule has 0 fully saturated rings. The van der Waals surface area contributed by atoms with Crippen molar-refractivity contribution in [1.29, 1.82) is 0 Å². The van der Waals surface area contributed by atoms with Crippen LogP contribution >= 0.6 is 23.2 Å². The fourth-order valence-electron chi connectivity index (χ4n) is 2.26. The number of imide groups is 1. The van der Waals surface area contributed by atoms with Gasteiger partial charge in [-0.25, -0.2) is 4.79 Å². The average Bonchev–Trinajstić information content (AvgIpc) is 3.11. The summed E-state index contributed by atoms with van der Waals surface area (Å²) in [7, 11) is 0. The fourth-order valence-corrected chi connectivity index (χ4v) is 2.70. The summed E-state index contributed by atoms with van der Waals surface area (Å²) in [5, 5.41) is 5.66. The van der Waals surface area contributed by atoms with E-state index in [4.69, 9.17) is 23.2 Å². The van der Waals surface area contributed by atoms with Crippen LogP contribution in [0.5, 0.6) is 0 Å². The molecule has 0 aliphatic heterocycles. The van der Waals surface area contributed by atoms with Gasteiger partial charge >= 0.3 is 6.03 Å². The maximum atomic E-state index is 12.1. The second-order valence-electron chi connectivity index (χ2n) is 5.14. The van der Waals surface area contributed by atoms with E-state index in [0.717, 1.165) is 0 Å². The number of benzene rings is 2. The Morgan fingerprint density at radius 1 is 0.880 bits per heavy atom. The summed E-state index contributed by atoms with van der Waals surface area (Å²) < 4.78 is 1.82. The van der Waals surface area contributed by atoms with Crippen molar-refractivity contribution in [1.82, 2.24) is 9.88 Å². The van der Waals surface area contributed by atoms with Crippen molar-refractivity contribution >= 4 is 40.8 Å². The first-order valence-electron chi connectivity index (χ1n) is 7.34. The molecule has 0 saturated heterocycles. The van der Waals surface area contributed by atoms with Gasteiger partial charge in [-0.05, 0) is 42.5 Å². The van der Waals surface area contributed by atoms with E-state index in [1.54, 1.807) is 36.4 Å². The van der Waals surface area contributed by atoms with Crippen molar-refractivity contribution < 1.29 is 9.59 Å². The molecule has 0 radical (unpaired) electrons. The lowest BCUT2D eigenvalue weighted by Crippen LogP contribution is -2.34. The number of hydrogen-bond acceptors (Lipinski definition) is 2. The first kappa shape index (κ1) is 17.1. The molecular formula is C18H13Cl2N3O2. The van der Waals surface area contributed by atoms with Crippen LogP contribution in [0.3, 0.4) is 0 Å². The number of urea groups is 1. The number of aromatic nitrogens is 1. The molecule has 0 atom stereocenters. The number of carbonyl (C=O) groups excluding carboxylic acids is 2. The lowest BCUT2D eigenvalue weighted by Gasteiger charge is -2.11. The highest BCUT2D eigenvalue weighted by atomic mass is 35.5. The summed E-state index contributed by atoms with van der Waals surface area (Å²) in [6, 6.07) is 14.6. The molecular weight excluding hydrogens is 361 g/mol. The average molecular weight is 374 g/mol. The van der Waals surface area contributed by atoms with E-state index < -0.39 is 11.9 Å². The molecule has 1 aromatic heterocycles. The molecule has 3 aromatic rings. The third-order valence-electron chi connectivity index (χ3n) is 3.43. The molecule has 25 heavy (non-hydrogen) atoms. The van der Waals surface area contributed by atoms with Crippen LogP contribution < -0.4 is 10.6 Å². The quantitative estimate of drug-likeness (QED) is 0.695. The number of nitrogens with one attached hydrogen (secondary N) is 2. The zero-order chi connectivity index (χ0) is 17.8. The molecule has 2 N–H and O–H groups in total. The van der Waals surface area contributed by atoms with E-state index in [1.165, 1.54) is 6.07 Å². The summed E-state index contributed by atoms with van der Waals surface area (Å²) >= 11 is 12.1. The van der Waals surface area contributed by atoms with Crippen LogP contribution in [0.25, 0.3) is 5.69 Å². The van der Waals surface area contributed by atoms with Gasteiger partial charge in [0.2, 0.25) is 0 Å². The van der Waals surface area contributed by atoms with Crippen LogP contribution in [-0.2, 0) is 0 Å². The lowest BCUT2D eigenvalue weighted by atomic mass is 10.2. The standard InChI is InChI=1S/C18H13Cl2N3O2/c19-14-6-2-1-5-13(14)17(24)22-18(25)21-12-7-8-15(20)16(11-12)23-9-3-4-10-23/h1-11H,(H2,21,22,24,25). The second-order valence-corrected chi connectivity index (χ2v) is 5.96. The van der Waals surface area contributed by atoms with E-state index in [2.05, 4.69) is 10.6 Å². The Morgan fingerprint density at radius 2 is 1.60 bits per heavy atom. The Balaban J connectivity index is 1.72. The van der Waals surface area contributed by atoms with E-state index in [9.17, 15) is 9.59 Å². The van der Waals surface area contributed by atoms with Gasteiger partial charge in [-0.3, -0.25) is 10.1 Å². The van der Waals surface area contributed by atoms with Gasteiger partial charge in [-0.2, -0.15) is 0 Å². The lowest BCUT2D eigenvalue weighted by molar-refractivity contribution is 0.0967. The molecule has 0 bridgehead atoms. The van der Waals surface area contributed by atoms with E-state index in [1.807, 2.05) is 29.1 Å². The molecule has 0 unspecified atom stereocenters. The number of carbonyl (C=O) groups is 2. The van der Waals surface area contributed by atoms with Crippen LogP contribution in [0, 0.1) is 0 Å². The monoisotopic (exact) mass is 373 g/mol. The van der Waals surface area contributed by atoms with Crippen molar-refractivity contribution in [3.05, 3.63) is 82.6 Å². The summed E-state index contributed by atoms with van der Waals surface area (Å²) in [6.45, 7) is 0. The molecule has 3 rings (SSSR count). The van der Waals surface area contributed by atoms with Crippen LogP contribution in [0.1, 0.15) is 10.4 Å². The number of hydrogen-bond donors (Lipinski definition) is 2. The van der Waals surface area contributed by atoms with Crippen molar-refractivity contribution in [2.75, 3.05) is 5.32 Å². The van der Waals surface area contributed by atoms with Crippen molar-refractivity contribution in [2.45, 2.75) is 0 Å². The summed E-state index contributed by atoms with van der Waals surface area (Å²) in [6.07, 6.45) is 3.68. The van der Waals surface area contributed by atoms with Gasteiger partial charge in [0.05, 0.1) is 21.3 Å². The Labute approximate surface area is 154 Å². The maximum absolute atomic E-state index is 12.1. The summed E-state index contributed by atoms with van der Waals surface area (Å²) in [5.41, 5.74) is 1.43. The van der Waals surface area contributed by atoms with Crippen LogP contribution in [0.4, 0.5) is 10.5 Å². The largest absolute Gasteiger partial charge is 0.326 e. The van der Waals surface area contributed by atoms with Gasteiger partial charge in [0.25, 0.3) is 5.91 Å². The first-order chi connectivity index (χ1) is 12.0. The molecule has 2 aromatic carbocycles.